The number of Topliss-reactive ketones (excluding diaryl/α,β-unsaturated/α-hetero) is 2. The summed E-state index contributed by atoms with van der Waals surface area (Å²) in [5.41, 5.74) is 3.31. The zero-order valence-corrected chi connectivity index (χ0v) is 15.4. The first kappa shape index (κ1) is 17.3. The van der Waals surface area contributed by atoms with E-state index in [0.29, 0.717) is 23.2 Å². The molecule has 0 fully saturated rings. The van der Waals surface area contributed by atoms with Gasteiger partial charge in [0.15, 0.2) is 11.6 Å². The standard InChI is InChI=1S/C25H16FNO2/c26-22-11-5-1-7-16(22)14-27-15-17(18-8-4-6-12-23(18)27)13-21-24(28)19-9-2-3-10-20(19)25(21)29/h1-13,15H,14H2. The minimum absolute atomic E-state index is 0.167. The number of fused-ring (bicyclic) bond motifs is 2. The molecule has 140 valence electrons. The molecule has 1 aliphatic carbocycles. The molecule has 0 N–H and O–H groups in total. The van der Waals surface area contributed by atoms with Crippen LogP contribution in [0.25, 0.3) is 17.0 Å². The number of hydrogen-bond acceptors (Lipinski definition) is 2. The molecule has 0 saturated carbocycles. The van der Waals surface area contributed by atoms with E-state index in [2.05, 4.69) is 0 Å². The van der Waals surface area contributed by atoms with Gasteiger partial charge in [0.1, 0.15) is 5.82 Å². The van der Waals surface area contributed by atoms with Gasteiger partial charge < -0.3 is 4.57 Å². The molecule has 0 saturated heterocycles. The van der Waals surface area contributed by atoms with Crippen LogP contribution in [0.2, 0.25) is 0 Å². The van der Waals surface area contributed by atoms with Crippen molar-refractivity contribution in [2.75, 3.05) is 0 Å². The third-order valence-electron chi connectivity index (χ3n) is 5.32. The smallest absolute Gasteiger partial charge is 0.197 e. The number of nitrogens with zero attached hydrogens (tertiary/aromatic N) is 1. The quantitative estimate of drug-likeness (QED) is 0.357. The highest BCUT2D eigenvalue weighted by Crippen LogP contribution is 2.30. The van der Waals surface area contributed by atoms with Gasteiger partial charge in [-0.25, -0.2) is 4.39 Å². The average Bonchev–Trinajstić information content (AvgIpc) is 3.21. The fourth-order valence-corrected chi connectivity index (χ4v) is 3.89. The summed E-state index contributed by atoms with van der Waals surface area (Å²) in [6.45, 7) is 0.360. The fraction of sp³-hybridized carbons (Fsp3) is 0.0400. The Morgan fingerprint density at radius 3 is 2.14 bits per heavy atom. The highest BCUT2D eigenvalue weighted by atomic mass is 19.1. The molecule has 0 amide bonds. The number of aromatic nitrogens is 1. The van der Waals surface area contributed by atoms with E-state index >= 15 is 0 Å². The van der Waals surface area contributed by atoms with Crippen LogP contribution in [-0.2, 0) is 6.54 Å². The molecule has 4 aromatic rings. The van der Waals surface area contributed by atoms with E-state index in [0.717, 1.165) is 16.5 Å². The number of hydrogen-bond donors (Lipinski definition) is 0. The van der Waals surface area contributed by atoms with Crippen LogP contribution < -0.4 is 0 Å². The predicted octanol–water partition coefficient (Wildman–Crippen LogP) is 5.29. The van der Waals surface area contributed by atoms with Crippen LogP contribution in [0.5, 0.6) is 0 Å². The monoisotopic (exact) mass is 381 g/mol. The first-order valence-corrected chi connectivity index (χ1v) is 9.35. The van der Waals surface area contributed by atoms with Crippen LogP contribution in [0.1, 0.15) is 31.8 Å². The number of halogens is 1. The lowest BCUT2D eigenvalue weighted by atomic mass is 10.1. The Bertz CT molecular complexity index is 1290. The van der Waals surface area contributed by atoms with Crippen LogP contribution in [0.3, 0.4) is 0 Å². The lowest BCUT2D eigenvalue weighted by molar-refractivity contribution is 0.0990. The van der Waals surface area contributed by atoms with E-state index in [1.807, 2.05) is 35.0 Å². The summed E-state index contributed by atoms with van der Waals surface area (Å²) in [6, 6.07) is 21.2. The summed E-state index contributed by atoms with van der Waals surface area (Å²) in [5.74, 6) is -0.769. The molecule has 0 unspecified atom stereocenters. The second-order valence-corrected chi connectivity index (χ2v) is 7.08. The molecule has 3 nitrogen and oxygen atoms in total. The van der Waals surface area contributed by atoms with Gasteiger partial charge in [-0.3, -0.25) is 9.59 Å². The maximum absolute atomic E-state index is 14.1. The molecule has 29 heavy (non-hydrogen) atoms. The number of benzene rings is 3. The van der Waals surface area contributed by atoms with Crippen molar-refractivity contribution in [1.82, 2.24) is 4.57 Å². The summed E-state index contributed by atoms with van der Waals surface area (Å²) in [4.78, 5) is 25.5. The molecular formula is C25H16FNO2. The summed E-state index contributed by atoms with van der Waals surface area (Å²) >= 11 is 0. The number of carbonyl (C=O) groups is 2. The van der Waals surface area contributed by atoms with E-state index in [-0.39, 0.29) is 23.0 Å². The Morgan fingerprint density at radius 1 is 0.793 bits per heavy atom. The van der Waals surface area contributed by atoms with Crippen molar-refractivity contribution in [2.45, 2.75) is 6.54 Å². The molecular weight excluding hydrogens is 365 g/mol. The van der Waals surface area contributed by atoms with Crippen molar-refractivity contribution < 1.29 is 14.0 Å². The molecule has 0 aliphatic heterocycles. The van der Waals surface area contributed by atoms with Gasteiger partial charge in [0.2, 0.25) is 0 Å². The van der Waals surface area contributed by atoms with Crippen molar-refractivity contribution in [2.24, 2.45) is 0 Å². The molecule has 0 atom stereocenters. The zero-order valence-electron chi connectivity index (χ0n) is 15.4. The summed E-state index contributed by atoms with van der Waals surface area (Å²) in [7, 11) is 0. The van der Waals surface area contributed by atoms with Gasteiger partial charge in [0.25, 0.3) is 0 Å². The van der Waals surface area contributed by atoms with Gasteiger partial charge in [0.05, 0.1) is 12.1 Å². The third kappa shape index (κ3) is 2.81. The lowest BCUT2D eigenvalue weighted by Gasteiger charge is -2.06. The van der Waals surface area contributed by atoms with E-state index in [9.17, 15) is 14.0 Å². The first-order chi connectivity index (χ1) is 14.1. The Labute approximate surface area is 166 Å². The number of para-hydroxylation sites is 1. The molecule has 1 heterocycles. The van der Waals surface area contributed by atoms with Crippen LogP contribution >= 0.6 is 0 Å². The zero-order chi connectivity index (χ0) is 20.0. The van der Waals surface area contributed by atoms with Crippen LogP contribution in [0.15, 0.2) is 84.6 Å². The summed E-state index contributed by atoms with van der Waals surface area (Å²) in [5, 5.41) is 0.910. The van der Waals surface area contributed by atoms with Gasteiger partial charge in [-0.05, 0) is 18.2 Å². The summed E-state index contributed by atoms with van der Waals surface area (Å²) in [6.07, 6.45) is 3.53. The second-order valence-electron chi connectivity index (χ2n) is 7.08. The van der Waals surface area contributed by atoms with Crippen LogP contribution in [-0.4, -0.2) is 16.1 Å². The van der Waals surface area contributed by atoms with Gasteiger partial charge >= 0.3 is 0 Å². The topological polar surface area (TPSA) is 39.1 Å². The molecule has 0 spiro atoms. The molecule has 1 aliphatic rings. The minimum Gasteiger partial charge on any atom is -0.342 e. The molecule has 1 aromatic heterocycles. The minimum atomic E-state index is -0.262. The molecule has 5 rings (SSSR count). The second kappa shape index (κ2) is 6.67. The number of carbonyl (C=O) groups excluding carboxylic acids is 2. The predicted molar refractivity (Wildman–Crippen MR) is 111 cm³/mol. The Hall–Kier alpha value is -3.79. The maximum atomic E-state index is 14.1. The molecule has 4 heteroatoms. The van der Waals surface area contributed by atoms with Crippen LogP contribution in [0, 0.1) is 5.82 Å². The molecule has 3 aromatic carbocycles. The number of rotatable bonds is 3. The largest absolute Gasteiger partial charge is 0.342 e. The maximum Gasteiger partial charge on any atom is 0.197 e. The fourth-order valence-electron chi connectivity index (χ4n) is 3.89. The average molecular weight is 381 g/mol. The van der Waals surface area contributed by atoms with E-state index in [1.54, 1.807) is 48.5 Å². The summed E-state index contributed by atoms with van der Waals surface area (Å²) < 4.78 is 16.1. The van der Waals surface area contributed by atoms with Crippen molar-refractivity contribution >= 4 is 28.5 Å². The van der Waals surface area contributed by atoms with Gasteiger partial charge in [-0.1, -0.05) is 60.7 Å². The SMILES string of the molecule is O=C1C(=Cc2cn(Cc3ccccc3F)c3ccccc23)C(=O)c2ccccc21. The normalized spacial score (nSPS) is 13.2. The molecule has 0 bridgehead atoms. The van der Waals surface area contributed by atoms with E-state index < -0.39 is 0 Å². The van der Waals surface area contributed by atoms with Gasteiger partial charge in [0, 0.05) is 39.4 Å². The number of allylic oxidation sites excluding steroid dienone is 1. The van der Waals surface area contributed by atoms with Crippen molar-refractivity contribution in [3.63, 3.8) is 0 Å². The van der Waals surface area contributed by atoms with E-state index in [1.165, 1.54) is 6.07 Å². The van der Waals surface area contributed by atoms with Crippen molar-refractivity contribution in [1.29, 1.82) is 0 Å². The van der Waals surface area contributed by atoms with Gasteiger partial charge in [-0.2, -0.15) is 0 Å². The number of ketones is 2. The third-order valence-corrected chi connectivity index (χ3v) is 5.32. The van der Waals surface area contributed by atoms with Crippen molar-refractivity contribution in [3.8, 4) is 0 Å². The highest BCUT2D eigenvalue weighted by Gasteiger charge is 2.32. The van der Waals surface area contributed by atoms with Crippen LogP contribution in [0.4, 0.5) is 4.39 Å². The Morgan fingerprint density at radius 2 is 1.41 bits per heavy atom. The lowest BCUT2D eigenvalue weighted by Crippen LogP contribution is -2.01. The van der Waals surface area contributed by atoms with Gasteiger partial charge in [-0.15, -0.1) is 0 Å². The molecule has 0 radical (unpaired) electrons. The van der Waals surface area contributed by atoms with Crippen molar-refractivity contribution in [3.05, 3.63) is 113 Å². The Balaban J connectivity index is 1.62. The van der Waals surface area contributed by atoms with E-state index in [4.69, 9.17) is 0 Å². The first-order valence-electron chi connectivity index (χ1n) is 9.35. The Kier molecular flexibility index (Phi) is 3.98. The highest BCUT2D eigenvalue weighted by molar-refractivity contribution is 6.41.